The van der Waals surface area contributed by atoms with Crippen molar-refractivity contribution in [1.29, 1.82) is 0 Å². The van der Waals surface area contributed by atoms with Crippen molar-refractivity contribution >= 4 is 28.2 Å². The van der Waals surface area contributed by atoms with Crippen molar-refractivity contribution in [1.82, 2.24) is 5.43 Å². The Morgan fingerprint density at radius 2 is 2.29 bits per heavy atom. The number of carbonyl (C=O) groups is 1. The Labute approximate surface area is 104 Å². The quantitative estimate of drug-likeness (QED) is 0.660. The third kappa shape index (κ3) is 4.77. The molecule has 0 aliphatic heterocycles. The van der Waals surface area contributed by atoms with Gasteiger partial charge in [0.05, 0.1) is 6.21 Å². The number of benzene rings is 1. The fraction of sp³-hybridized carbons (Fsp3) is 0.111. The Balaban J connectivity index is 2.90. The van der Waals surface area contributed by atoms with Gasteiger partial charge >= 0.3 is 12.6 Å². The first-order chi connectivity index (χ1) is 7.99. The predicted octanol–water partition coefficient (Wildman–Crippen LogP) is 2.05. The average Bonchev–Trinajstić information content (AvgIpc) is 2.21. The van der Waals surface area contributed by atoms with E-state index in [-0.39, 0.29) is 11.3 Å². The summed E-state index contributed by atoms with van der Waals surface area (Å²) >= 11 is 3.17. The van der Waals surface area contributed by atoms with Gasteiger partial charge in [0.15, 0.2) is 0 Å². The molecular weight excluding hydrogens is 300 g/mol. The summed E-state index contributed by atoms with van der Waals surface area (Å²) in [5.41, 5.74) is 7.00. The van der Waals surface area contributed by atoms with Crippen molar-refractivity contribution in [3.63, 3.8) is 0 Å². The second kappa shape index (κ2) is 6.14. The lowest BCUT2D eigenvalue weighted by atomic mass is 10.2. The molecule has 5 nitrogen and oxygen atoms in total. The molecule has 92 valence electrons. The lowest BCUT2D eigenvalue weighted by Gasteiger charge is -2.07. The Kier molecular flexibility index (Phi) is 4.83. The molecule has 0 bridgehead atoms. The highest BCUT2D eigenvalue weighted by atomic mass is 79.9. The molecule has 3 N–H and O–H groups in total. The molecule has 1 aromatic rings. The van der Waals surface area contributed by atoms with Gasteiger partial charge in [-0.3, -0.25) is 0 Å². The predicted molar refractivity (Wildman–Crippen MR) is 61.1 cm³/mol. The van der Waals surface area contributed by atoms with Crippen LogP contribution in [0.3, 0.4) is 0 Å². The standard InChI is InChI=1S/C9H8BrF2N3O2/c10-6-1-2-7(17-8(11)12)5(3-6)4-14-15-9(13)16/h1-4,8H,(H3,13,15,16). The van der Waals surface area contributed by atoms with E-state index in [4.69, 9.17) is 5.73 Å². The van der Waals surface area contributed by atoms with Crippen LogP contribution in [0.25, 0.3) is 0 Å². The van der Waals surface area contributed by atoms with Crippen molar-refractivity contribution in [2.45, 2.75) is 6.61 Å². The van der Waals surface area contributed by atoms with Crippen LogP contribution in [0.2, 0.25) is 0 Å². The summed E-state index contributed by atoms with van der Waals surface area (Å²) in [5.74, 6) is -0.0572. The molecule has 0 aliphatic carbocycles. The molecule has 0 spiro atoms. The average molecular weight is 308 g/mol. The number of primary amides is 1. The first-order valence-corrected chi connectivity index (χ1v) is 5.11. The van der Waals surface area contributed by atoms with E-state index in [0.717, 1.165) is 6.21 Å². The molecule has 0 saturated carbocycles. The van der Waals surface area contributed by atoms with Gasteiger partial charge in [0.25, 0.3) is 0 Å². The summed E-state index contributed by atoms with van der Waals surface area (Å²) in [6.07, 6.45) is 1.15. The second-order valence-corrected chi connectivity index (χ2v) is 3.71. The summed E-state index contributed by atoms with van der Waals surface area (Å²) in [4.78, 5) is 10.4. The highest BCUT2D eigenvalue weighted by Gasteiger charge is 2.08. The van der Waals surface area contributed by atoms with Crippen molar-refractivity contribution in [2.75, 3.05) is 0 Å². The van der Waals surface area contributed by atoms with E-state index in [1.54, 1.807) is 0 Å². The van der Waals surface area contributed by atoms with Crippen LogP contribution < -0.4 is 15.9 Å². The van der Waals surface area contributed by atoms with Crippen LogP contribution in [0.15, 0.2) is 27.8 Å². The molecular formula is C9H8BrF2N3O2. The molecule has 17 heavy (non-hydrogen) atoms. The molecule has 0 atom stereocenters. The maximum Gasteiger partial charge on any atom is 0.387 e. The third-order valence-corrected chi connectivity index (χ3v) is 2.06. The lowest BCUT2D eigenvalue weighted by Crippen LogP contribution is -2.24. The Morgan fingerprint density at radius 3 is 2.88 bits per heavy atom. The molecule has 1 rings (SSSR count). The lowest BCUT2D eigenvalue weighted by molar-refractivity contribution is -0.0499. The van der Waals surface area contributed by atoms with E-state index < -0.39 is 12.6 Å². The normalized spacial score (nSPS) is 10.8. The number of nitrogens with two attached hydrogens (primary N) is 1. The molecule has 0 heterocycles. The van der Waals surface area contributed by atoms with E-state index in [1.165, 1.54) is 18.2 Å². The van der Waals surface area contributed by atoms with E-state index >= 15 is 0 Å². The number of alkyl halides is 2. The minimum absolute atomic E-state index is 0.0572. The maximum absolute atomic E-state index is 12.1. The zero-order valence-electron chi connectivity index (χ0n) is 8.36. The van der Waals surface area contributed by atoms with Crippen LogP contribution in [0, 0.1) is 0 Å². The molecule has 0 saturated heterocycles. The Bertz CT molecular complexity index is 440. The number of rotatable bonds is 4. The van der Waals surface area contributed by atoms with Crippen LogP contribution in [0.5, 0.6) is 5.75 Å². The first-order valence-electron chi connectivity index (χ1n) is 4.32. The third-order valence-electron chi connectivity index (χ3n) is 1.57. The minimum Gasteiger partial charge on any atom is -0.434 e. The summed E-state index contributed by atoms with van der Waals surface area (Å²) in [7, 11) is 0. The van der Waals surface area contributed by atoms with Crippen molar-refractivity contribution < 1.29 is 18.3 Å². The van der Waals surface area contributed by atoms with Crippen molar-refractivity contribution in [3.05, 3.63) is 28.2 Å². The number of ether oxygens (including phenoxy) is 1. The fourth-order valence-electron chi connectivity index (χ4n) is 0.989. The first kappa shape index (κ1) is 13.4. The molecule has 0 unspecified atom stereocenters. The summed E-state index contributed by atoms with van der Waals surface area (Å²) in [6.45, 7) is -2.94. The maximum atomic E-state index is 12.1. The molecule has 0 aromatic heterocycles. The number of hydrogen-bond acceptors (Lipinski definition) is 3. The highest BCUT2D eigenvalue weighted by molar-refractivity contribution is 9.10. The summed E-state index contributed by atoms with van der Waals surface area (Å²) < 4.78 is 29.1. The smallest absolute Gasteiger partial charge is 0.387 e. The van der Waals surface area contributed by atoms with Crippen LogP contribution in [-0.2, 0) is 0 Å². The number of amides is 2. The monoisotopic (exact) mass is 307 g/mol. The number of urea groups is 1. The SMILES string of the molecule is NC(=O)NN=Cc1cc(Br)ccc1OC(F)F. The van der Waals surface area contributed by atoms with Gasteiger partial charge in [-0.2, -0.15) is 13.9 Å². The van der Waals surface area contributed by atoms with E-state index in [1.807, 2.05) is 5.43 Å². The number of hydrazone groups is 1. The number of halogens is 3. The highest BCUT2D eigenvalue weighted by Crippen LogP contribution is 2.23. The Morgan fingerprint density at radius 1 is 1.59 bits per heavy atom. The van der Waals surface area contributed by atoms with Gasteiger partial charge in [-0.15, -0.1) is 0 Å². The van der Waals surface area contributed by atoms with Gasteiger partial charge < -0.3 is 10.5 Å². The zero-order chi connectivity index (χ0) is 12.8. The van der Waals surface area contributed by atoms with Crippen molar-refractivity contribution in [2.24, 2.45) is 10.8 Å². The number of nitrogens with one attached hydrogen (secondary N) is 1. The second-order valence-electron chi connectivity index (χ2n) is 2.79. The van der Waals surface area contributed by atoms with Crippen LogP contribution >= 0.6 is 15.9 Å². The number of carbonyl (C=O) groups excluding carboxylic acids is 1. The van der Waals surface area contributed by atoms with Gasteiger partial charge in [0.1, 0.15) is 5.75 Å². The summed E-state index contributed by atoms with van der Waals surface area (Å²) in [6, 6.07) is 3.54. The van der Waals surface area contributed by atoms with Gasteiger partial charge in [-0.1, -0.05) is 15.9 Å². The summed E-state index contributed by atoms with van der Waals surface area (Å²) in [5, 5.41) is 3.45. The molecule has 0 fully saturated rings. The van der Waals surface area contributed by atoms with Crippen LogP contribution in [0.4, 0.5) is 13.6 Å². The molecule has 0 radical (unpaired) electrons. The van der Waals surface area contributed by atoms with Crippen LogP contribution in [-0.4, -0.2) is 18.9 Å². The van der Waals surface area contributed by atoms with Gasteiger partial charge in [-0.05, 0) is 18.2 Å². The Hall–Kier alpha value is -1.70. The van der Waals surface area contributed by atoms with Gasteiger partial charge in [-0.25, -0.2) is 10.2 Å². The largest absolute Gasteiger partial charge is 0.434 e. The van der Waals surface area contributed by atoms with E-state index in [0.29, 0.717) is 4.47 Å². The minimum atomic E-state index is -2.94. The molecule has 8 heteroatoms. The van der Waals surface area contributed by atoms with E-state index in [2.05, 4.69) is 25.8 Å². The van der Waals surface area contributed by atoms with E-state index in [9.17, 15) is 13.6 Å². The zero-order valence-corrected chi connectivity index (χ0v) is 9.95. The fourth-order valence-corrected chi connectivity index (χ4v) is 1.37. The van der Waals surface area contributed by atoms with Crippen LogP contribution in [0.1, 0.15) is 5.56 Å². The number of hydrogen-bond donors (Lipinski definition) is 2. The topological polar surface area (TPSA) is 76.7 Å². The van der Waals surface area contributed by atoms with Gasteiger partial charge in [0, 0.05) is 10.0 Å². The van der Waals surface area contributed by atoms with Gasteiger partial charge in [0.2, 0.25) is 0 Å². The van der Waals surface area contributed by atoms with Crippen molar-refractivity contribution in [3.8, 4) is 5.75 Å². The molecule has 2 amide bonds. The molecule has 0 aliphatic rings. The number of nitrogens with zero attached hydrogens (tertiary/aromatic N) is 1. The molecule has 1 aromatic carbocycles.